The number of rotatable bonds is 5. The summed E-state index contributed by atoms with van der Waals surface area (Å²) in [7, 11) is -3.62. The standard InChI is InChI=1S/C21H24N6O4S2/c1-14-11-17(13-22-27-20(28)15(2)23-24-21(27)32)16(3)26(14)18-5-4-6-19(12-18)33(29,30)25-7-9-31-10-8-25/h4-6,11-13H,7-10H2,1-3H3,(H,24,32)/b22-13+. The van der Waals surface area contributed by atoms with E-state index in [0.717, 1.165) is 21.6 Å². The van der Waals surface area contributed by atoms with Gasteiger partial charge in [-0.25, -0.2) is 8.42 Å². The highest BCUT2D eigenvalue weighted by molar-refractivity contribution is 7.89. The monoisotopic (exact) mass is 488 g/mol. The molecule has 0 spiro atoms. The molecule has 10 nitrogen and oxygen atoms in total. The maximum Gasteiger partial charge on any atom is 0.296 e. The van der Waals surface area contributed by atoms with Crippen LogP contribution in [-0.2, 0) is 14.8 Å². The number of hydrogen-bond acceptors (Lipinski definition) is 7. The molecule has 12 heteroatoms. The van der Waals surface area contributed by atoms with E-state index in [1.54, 1.807) is 31.3 Å². The van der Waals surface area contributed by atoms with E-state index in [0.29, 0.717) is 32.0 Å². The number of aromatic amines is 1. The van der Waals surface area contributed by atoms with E-state index in [1.165, 1.54) is 4.31 Å². The van der Waals surface area contributed by atoms with Crippen molar-refractivity contribution in [3.8, 4) is 5.69 Å². The number of benzene rings is 1. The molecule has 0 unspecified atom stereocenters. The number of morpholine rings is 1. The summed E-state index contributed by atoms with van der Waals surface area (Å²) in [5, 5.41) is 10.7. The summed E-state index contributed by atoms with van der Waals surface area (Å²) < 4.78 is 36.0. The van der Waals surface area contributed by atoms with Gasteiger partial charge in [0.1, 0.15) is 5.69 Å². The molecule has 1 aromatic carbocycles. The summed E-state index contributed by atoms with van der Waals surface area (Å²) in [6.45, 7) is 6.85. The Kier molecular flexibility index (Phi) is 6.43. The van der Waals surface area contributed by atoms with Crippen molar-refractivity contribution in [3.63, 3.8) is 0 Å². The smallest absolute Gasteiger partial charge is 0.296 e. The van der Waals surface area contributed by atoms with Gasteiger partial charge in [-0.2, -0.15) is 19.2 Å². The first kappa shape index (κ1) is 23.2. The second-order valence-electron chi connectivity index (χ2n) is 7.65. The molecule has 4 rings (SSSR count). The van der Waals surface area contributed by atoms with E-state index in [9.17, 15) is 13.2 Å². The Morgan fingerprint density at radius 3 is 2.64 bits per heavy atom. The summed E-state index contributed by atoms with van der Waals surface area (Å²) in [5.41, 5.74) is 3.07. The van der Waals surface area contributed by atoms with Crippen molar-refractivity contribution in [2.45, 2.75) is 25.7 Å². The lowest BCUT2D eigenvalue weighted by molar-refractivity contribution is 0.0730. The number of aromatic nitrogens is 4. The Bertz CT molecular complexity index is 1450. The minimum absolute atomic E-state index is 0.0941. The Labute approximate surface area is 196 Å². The summed E-state index contributed by atoms with van der Waals surface area (Å²) in [4.78, 5) is 12.5. The number of H-pyrrole nitrogens is 1. The molecule has 1 aliphatic rings. The molecule has 1 aliphatic heterocycles. The van der Waals surface area contributed by atoms with Crippen LogP contribution in [0.15, 0.2) is 45.1 Å². The fourth-order valence-electron chi connectivity index (χ4n) is 3.73. The fourth-order valence-corrected chi connectivity index (χ4v) is 5.36. The first-order chi connectivity index (χ1) is 15.7. The van der Waals surface area contributed by atoms with Crippen molar-refractivity contribution in [3.05, 3.63) is 68.1 Å². The SMILES string of the molecule is Cc1n[nH]c(=S)n(/N=C/c2cc(C)n(-c3cccc(S(=O)(=O)N4CCOCC4)c3)c2C)c1=O. The number of ether oxygens (including phenoxy) is 1. The molecule has 3 heterocycles. The first-order valence-corrected chi connectivity index (χ1v) is 12.1. The average molecular weight is 489 g/mol. The molecular formula is C21H24N6O4S2. The molecule has 0 saturated carbocycles. The van der Waals surface area contributed by atoms with Gasteiger partial charge in [-0.3, -0.25) is 9.89 Å². The number of aryl methyl sites for hydroxylation is 2. The average Bonchev–Trinajstić information content (AvgIpc) is 3.10. The predicted octanol–water partition coefficient (Wildman–Crippen LogP) is 1.92. The summed E-state index contributed by atoms with van der Waals surface area (Å²) >= 11 is 5.12. The lowest BCUT2D eigenvalue weighted by Gasteiger charge is -2.26. The number of nitrogens with one attached hydrogen (secondary N) is 1. The number of nitrogens with zero attached hydrogens (tertiary/aromatic N) is 5. The Balaban J connectivity index is 1.71. The van der Waals surface area contributed by atoms with Crippen molar-refractivity contribution >= 4 is 28.5 Å². The molecule has 174 valence electrons. The molecule has 0 atom stereocenters. The van der Waals surface area contributed by atoms with Crippen LogP contribution in [0.5, 0.6) is 0 Å². The molecule has 1 fully saturated rings. The van der Waals surface area contributed by atoms with Crippen LogP contribution < -0.4 is 5.56 Å². The summed E-state index contributed by atoms with van der Waals surface area (Å²) in [6.07, 6.45) is 1.55. The quantitative estimate of drug-likeness (QED) is 0.434. The Hall–Kier alpha value is -2.93. The zero-order valence-corrected chi connectivity index (χ0v) is 20.1. The largest absolute Gasteiger partial charge is 0.379 e. The first-order valence-electron chi connectivity index (χ1n) is 10.3. The van der Waals surface area contributed by atoms with Gasteiger partial charge in [0.05, 0.1) is 24.3 Å². The number of sulfonamides is 1. The van der Waals surface area contributed by atoms with E-state index in [1.807, 2.05) is 30.5 Å². The van der Waals surface area contributed by atoms with Gasteiger partial charge in [0.2, 0.25) is 14.8 Å². The third kappa shape index (κ3) is 4.47. The minimum Gasteiger partial charge on any atom is -0.379 e. The van der Waals surface area contributed by atoms with E-state index in [4.69, 9.17) is 17.0 Å². The van der Waals surface area contributed by atoms with E-state index < -0.39 is 15.6 Å². The molecular weight excluding hydrogens is 464 g/mol. The van der Waals surface area contributed by atoms with Crippen molar-refractivity contribution < 1.29 is 13.2 Å². The van der Waals surface area contributed by atoms with Crippen LogP contribution in [0, 0.1) is 25.5 Å². The van der Waals surface area contributed by atoms with Gasteiger partial charge in [0, 0.05) is 35.7 Å². The zero-order valence-electron chi connectivity index (χ0n) is 18.5. The second-order valence-corrected chi connectivity index (χ2v) is 9.98. The van der Waals surface area contributed by atoms with Crippen molar-refractivity contribution in [2.24, 2.45) is 5.10 Å². The summed E-state index contributed by atoms with van der Waals surface area (Å²) in [6, 6.07) is 8.76. The molecule has 1 saturated heterocycles. The molecule has 1 N–H and O–H groups in total. The highest BCUT2D eigenvalue weighted by Crippen LogP contribution is 2.24. The summed E-state index contributed by atoms with van der Waals surface area (Å²) in [5.74, 6) is 0. The third-order valence-corrected chi connectivity index (χ3v) is 7.64. The highest BCUT2D eigenvalue weighted by Gasteiger charge is 2.26. The van der Waals surface area contributed by atoms with Crippen LogP contribution in [0.4, 0.5) is 0 Å². The Morgan fingerprint density at radius 1 is 1.18 bits per heavy atom. The van der Waals surface area contributed by atoms with Crippen LogP contribution in [0.3, 0.4) is 0 Å². The van der Waals surface area contributed by atoms with Crippen molar-refractivity contribution in [2.75, 3.05) is 26.3 Å². The van der Waals surface area contributed by atoms with Crippen LogP contribution >= 0.6 is 12.2 Å². The predicted molar refractivity (Wildman–Crippen MR) is 126 cm³/mol. The number of hydrogen-bond donors (Lipinski definition) is 1. The van der Waals surface area contributed by atoms with Gasteiger partial charge >= 0.3 is 0 Å². The maximum atomic E-state index is 13.1. The lowest BCUT2D eigenvalue weighted by atomic mass is 10.2. The Morgan fingerprint density at radius 2 is 1.91 bits per heavy atom. The normalized spacial score (nSPS) is 15.4. The van der Waals surface area contributed by atoms with Gasteiger partial charge in [0.25, 0.3) is 5.56 Å². The van der Waals surface area contributed by atoms with E-state index >= 15 is 0 Å². The topological polar surface area (TPSA) is 115 Å². The maximum absolute atomic E-state index is 13.1. The van der Waals surface area contributed by atoms with Gasteiger partial charge in [0.15, 0.2) is 0 Å². The molecule has 33 heavy (non-hydrogen) atoms. The molecule has 0 aliphatic carbocycles. The van der Waals surface area contributed by atoms with Crippen LogP contribution in [0.25, 0.3) is 5.69 Å². The second kappa shape index (κ2) is 9.14. The molecule has 2 aromatic heterocycles. The fraction of sp³-hybridized carbons (Fsp3) is 0.333. The lowest BCUT2D eigenvalue weighted by Crippen LogP contribution is -2.40. The van der Waals surface area contributed by atoms with Crippen LogP contribution in [0.2, 0.25) is 0 Å². The van der Waals surface area contributed by atoms with Crippen molar-refractivity contribution in [1.29, 1.82) is 0 Å². The molecule has 0 amide bonds. The van der Waals surface area contributed by atoms with E-state index in [-0.39, 0.29) is 15.4 Å². The van der Waals surface area contributed by atoms with Crippen molar-refractivity contribution in [1.82, 2.24) is 23.7 Å². The zero-order chi connectivity index (χ0) is 23.8. The molecule has 3 aromatic rings. The van der Waals surface area contributed by atoms with Crippen LogP contribution in [0.1, 0.15) is 22.6 Å². The molecule has 0 bridgehead atoms. The molecule has 0 radical (unpaired) electrons. The van der Waals surface area contributed by atoms with Crippen LogP contribution in [-0.4, -0.2) is 64.7 Å². The third-order valence-electron chi connectivity index (χ3n) is 5.48. The van der Waals surface area contributed by atoms with Gasteiger partial charge in [-0.15, -0.1) is 0 Å². The van der Waals surface area contributed by atoms with Gasteiger partial charge in [-0.05, 0) is 57.3 Å². The highest BCUT2D eigenvalue weighted by atomic mass is 32.2. The van der Waals surface area contributed by atoms with Gasteiger partial charge < -0.3 is 9.30 Å². The van der Waals surface area contributed by atoms with Gasteiger partial charge in [-0.1, -0.05) is 6.07 Å². The van der Waals surface area contributed by atoms with E-state index in [2.05, 4.69) is 15.3 Å². The minimum atomic E-state index is -3.62.